The van der Waals surface area contributed by atoms with Gasteiger partial charge in [-0.2, -0.15) is 0 Å². The summed E-state index contributed by atoms with van der Waals surface area (Å²) < 4.78 is 0. The number of hydrogen-bond acceptors (Lipinski definition) is 2. The molecule has 0 aromatic heterocycles. The van der Waals surface area contributed by atoms with Crippen LogP contribution in [-0.4, -0.2) is 23.7 Å². The standard InChI is InChI=1S/C7H13NO2/c1-4-5-7(2,8-3)6(9)10/h4,8H,1,5H2,2-3H3,(H,9,10)/t7-/m0/s1. The van der Waals surface area contributed by atoms with Crippen molar-refractivity contribution in [3.63, 3.8) is 0 Å². The molecule has 58 valence electrons. The molecule has 10 heavy (non-hydrogen) atoms. The lowest BCUT2D eigenvalue weighted by molar-refractivity contribution is -0.143. The number of carboxylic acids is 1. The molecule has 0 amide bonds. The molecular weight excluding hydrogens is 130 g/mol. The largest absolute Gasteiger partial charge is 0.480 e. The lowest BCUT2D eigenvalue weighted by atomic mass is 9.99. The Balaban J connectivity index is 4.21. The fraction of sp³-hybridized carbons (Fsp3) is 0.571. The van der Waals surface area contributed by atoms with Crippen LogP contribution < -0.4 is 5.32 Å². The lowest BCUT2D eigenvalue weighted by Crippen LogP contribution is -2.46. The first-order valence-electron chi connectivity index (χ1n) is 3.10. The molecule has 3 nitrogen and oxygen atoms in total. The zero-order valence-corrected chi connectivity index (χ0v) is 6.35. The van der Waals surface area contributed by atoms with Crippen LogP contribution in [-0.2, 0) is 4.79 Å². The van der Waals surface area contributed by atoms with Crippen LogP contribution in [0.5, 0.6) is 0 Å². The van der Waals surface area contributed by atoms with Gasteiger partial charge in [0.05, 0.1) is 0 Å². The topological polar surface area (TPSA) is 49.3 Å². The first-order chi connectivity index (χ1) is 4.56. The summed E-state index contributed by atoms with van der Waals surface area (Å²) in [7, 11) is 1.62. The number of rotatable bonds is 4. The van der Waals surface area contributed by atoms with E-state index >= 15 is 0 Å². The monoisotopic (exact) mass is 143 g/mol. The van der Waals surface area contributed by atoms with Crippen molar-refractivity contribution in [3.05, 3.63) is 12.7 Å². The van der Waals surface area contributed by atoms with Crippen LogP contribution in [0.2, 0.25) is 0 Å². The molecule has 2 N–H and O–H groups in total. The average molecular weight is 143 g/mol. The van der Waals surface area contributed by atoms with Gasteiger partial charge in [-0.3, -0.25) is 4.79 Å². The summed E-state index contributed by atoms with van der Waals surface area (Å²) in [6, 6.07) is 0. The smallest absolute Gasteiger partial charge is 0.323 e. The molecule has 0 aliphatic heterocycles. The van der Waals surface area contributed by atoms with Crippen LogP contribution in [0.4, 0.5) is 0 Å². The van der Waals surface area contributed by atoms with Gasteiger partial charge in [0, 0.05) is 0 Å². The predicted octanol–water partition coefficient (Wildman–Crippen LogP) is 0.625. The second kappa shape index (κ2) is 3.37. The van der Waals surface area contributed by atoms with Gasteiger partial charge in [0.15, 0.2) is 0 Å². The number of carboxylic acid groups (broad SMARTS) is 1. The molecule has 0 fully saturated rings. The first kappa shape index (κ1) is 9.17. The maximum atomic E-state index is 10.5. The van der Waals surface area contributed by atoms with Crippen LogP contribution in [0.1, 0.15) is 13.3 Å². The first-order valence-corrected chi connectivity index (χ1v) is 3.10. The van der Waals surface area contributed by atoms with Gasteiger partial charge in [-0.25, -0.2) is 0 Å². The normalized spacial score (nSPS) is 15.8. The highest BCUT2D eigenvalue weighted by molar-refractivity contribution is 5.78. The van der Waals surface area contributed by atoms with Gasteiger partial charge in [-0.1, -0.05) is 6.08 Å². The van der Waals surface area contributed by atoms with Gasteiger partial charge in [0.2, 0.25) is 0 Å². The van der Waals surface area contributed by atoms with Crippen molar-refractivity contribution in [2.24, 2.45) is 0 Å². The summed E-state index contributed by atoms with van der Waals surface area (Å²) >= 11 is 0. The van der Waals surface area contributed by atoms with E-state index in [0.29, 0.717) is 6.42 Å². The van der Waals surface area contributed by atoms with Gasteiger partial charge in [-0.15, -0.1) is 6.58 Å². The summed E-state index contributed by atoms with van der Waals surface area (Å²) in [6.07, 6.45) is 2.02. The summed E-state index contributed by atoms with van der Waals surface area (Å²) in [4.78, 5) is 10.5. The van der Waals surface area contributed by atoms with Crippen LogP contribution in [0.15, 0.2) is 12.7 Å². The fourth-order valence-electron chi connectivity index (χ4n) is 0.585. The van der Waals surface area contributed by atoms with Gasteiger partial charge < -0.3 is 10.4 Å². The van der Waals surface area contributed by atoms with E-state index in [1.165, 1.54) is 0 Å². The van der Waals surface area contributed by atoms with Crippen LogP contribution in [0.25, 0.3) is 0 Å². The summed E-state index contributed by atoms with van der Waals surface area (Å²) in [5.41, 5.74) is -0.859. The van der Waals surface area contributed by atoms with E-state index in [0.717, 1.165) is 0 Å². The van der Waals surface area contributed by atoms with E-state index < -0.39 is 11.5 Å². The third-order valence-corrected chi connectivity index (χ3v) is 1.58. The van der Waals surface area contributed by atoms with E-state index in [9.17, 15) is 4.79 Å². The average Bonchev–Trinajstić information content (AvgIpc) is 1.88. The van der Waals surface area contributed by atoms with Crippen LogP contribution in [0.3, 0.4) is 0 Å². The quantitative estimate of drug-likeness (QED) is 0.567. The minimum atomic E-state index is -0.859. The highest BCUT2D eigenvalue weighted by Crippen LogP contribution is 2.08. The minimum absolute atomic E-state index is 0.429. The van der Waals surface area contributed by atoms with E-state index in [-0.39, 0.29) is 0 Å². The van der Waals surface area contributed by atoms with Crippen molar-refractivity contribution in [1.29, 1.82) is 0 Å². The molecule has 0 spiro atoms. The summed E-state index contributed by atoms with van der Waals surface area (Å²) in [6.45, 7) is 5.09. The van der Waals surface area contributed by atoms with Crippen LogP contribution in [0, 0.1) is 0 Å². The number of likely N-dealkylation sites (N-methyl/N-ethyl adjacent to an activating group) is 1. The molecule has 3 heteroatoms. The number of nitrogens with one attached hydrogen (secondary N) is 1. The van der Waals surface area contributed by atoms with E-state index in [4.69, 9.17) is 5.11 Å². The predicted molar refractivity (Wildman–Crippen MR) is 39.9 cm³/mol. The minimum Gasteiger partial charge on any atom is -0.480 e. The Bertz CT molecular complexity index is 145. The van der Waals surface area contributed by atoms with Gasteiger partial charge in [-0.05, 0) is 20.4 Å². The molecule has 0 bridgehead atoms. The zero-order valence-electron chi connectivity index (χ0n) is 6.35. The summed E-state index contributed by atoms with van der Waals surface area (Å²) in [5.74, 6) is -0.852. The molecule has 0 aromatic carbocycles. The molecule has 0 saturated carbocycles. The molecule has 0 rings (SSSR count). The van der Waals surface area contributed by atoms with Crippen molar-refractivity contribution < 1.29 is 9.90 Å². The Morgan fingerprint density at radius 3 is 2.50 bits per heavy atom. The molecule has 1 atom stereocenters. The molecule has 0 radical (unpaired) electrons. The van der Waals surface area contributed by atoms with Crippen molar-refractivity contribution in [1.82, 2.24) is 5.32 Å². The van der Waals surface area contributed by atoms with Crippen molar-refractivity contribution in [2.75, 3.05) is 7.05 Å². The van der Waals surface area contributed by atoms with Crippen molar-refractivity contribution in [2.45, 2.75) is 18.9 Å². The van der Waals surface area contributed by atoms with E-state index in [1.807, 2.05) is 0 Å². The van der Waals surface area contributed by atoms with Crippen LogP contribution >= 0.6 is 0 Å². The Morgan fingerprint density at radius 1 is 1.90 bits per heavy atom. The molecule has 0 unspecified atom stereocenters. The number of hydrogen-bond donors (Lipinski definition) is 2. The maximum absolute atomic E-state index is 10.5. The van der Waals surface area contributed by atoms with Gasteiger partial charge in [0.25, 0.3) is 0 Å². The van der Waals surface area contributed by atoms with Gasteiger partial charge >= 0.3 is 5.97 Å². The number of carbonyl (C=O) groups is 1. The fourth-order valence-corrected chi connectivity index (χ4v) is 0.585. The molecule has 0 saturated heterocycles. The number of aliphatic carboxylic acids is 1. The SMILES string of the molecule is C=CC[C@](C)(NC)C(=O)O. The van der Waals surface area contributed by atoms with Crippen molar-refractivity contribution in [3.8, 4) is 0 Å². The zero-order chi connectivity index (χ0) is 8.20. The second-order valence-electron chi connectivity index (χ2n) is 2.38. The Labute approximate surface area is 60.7 Å². The highest BCUT2D eigenvalue weighted by Gasteiger charge is 2.28. The Kier molecular flexibility index (Phi) is 3.09. The maximum Gasteiger partial charge on any atom is 0.323 e. The molecule has 0 aromatic rings. The molecule has 0 heterocycles. The molecular formula is C7H13NO2. The lowest BCUT2D eigenvalue weighted by Gasteiger charge is -2.21. The summed E-state index contributed by atoms with van der Waals surface area (Å²) in [5, 5.41) is 11.4. The van der Waals surface area contributed by atoms with Crippen molar-refractivity contribution >= 4 is 5.97 Å². The third kappa shape index (κ3) is 1.84. The Hall–Kier alpha value is -0.830. The van der Waals surface area contributed by atoms with E-state index in [1.54, 1.807) is 20.0 Å². The molecule has 0 aliphatic carbocycles. The Morgan fingerprint density at radius 2 is 2.40 bits per heavy atom. The third-order valence-electron chi connectivity index (χ3n) is 1.58. The van der Waals surface area contributed by atoms with E-state index in [2.05, 4.69) is 11.9 Å². The highest BCUT2D eigenvalue weighted by atomic mass is 16.4. The second-order valence-corrected chi connectivity index (χ2v) is 2.38. The van der Waals surface area contributed by atoms with Gasteiger partial charge in [0.1, 0.15) is 5.54 Å². The molecule has 0 aliphatic rings.